The monoisotopic (exact) mass is 273 g/mol. The van der Waals surface area contributed by atoms with E-state index in [1.165, 1.54) is 12.4 Å². The maximum Gasteiger partial charge on any atom is 0.320 e. The van der Waals surface area contributed by atoms with Gasteiger partial charge in [0, 0.05) is 29.9 Å². The largest absolute Gasteiger partial charge is 0.619 e. The van der Waals surface area contributed by atoms with Gasteiger partial charge >= 0.3 is 6.03 Å². The van der Waals surface area contributed by atoms with E-state index in [0.717, 1.165) is 0 Å². The quantitative estimate of drug-likeness (QED) is 0.651. The number of rotatable bonds is 3. The maximum absolute atomic E-state index is 11.6. The number of urea groups is 1. The summed E-state index contributed by atoms with van der Waals surface area (Å²) in [7, 11) is 0. The van der Waals surface area contributed by atoms with Crippen LogP contribution in [-0.4, -0.2) is 22.0 Å². The number of aromatic nitrogens is 3. The topological polar surface area (TPSA) is 93.9 Å². The van der Waals surface area contributed by atoms with E-state index in [4.69, 9.17) is 0 Å². The van der Waals surface area contributed by atoms with Crippen molar-refractivity contribution in [2.75, 3.05) is 5.32 Å². The van der Waals surface area contributed by atoms with E-state index >= 15 is 0 Å². The summed E-state index contributed by atoms with van der Waals surface area (Å²) >= 11 is 0. The SMILES string of the molecule is CC(C)NC(=O)Nc1ccnc(-c2cc[n+]([O-])cc2)n1. The van der Waals surface area contributed by atoms with Gasteiger partial charge in [0.2, 0.25) is 0 Å². The Bertz CT molecular complexity index is 598. The molecule has 2 aromatic heterocycles. The first kappa shape index (κ1) is 13.7. The fourth-order valence-corrected chi connectivity index (χ4v) is 1.54. The summed E-state index contributed by atoms with van der Waals surface area (Å²) in [5.41, 5.74) is 0.699. The zero-order valence-corrected chi connectivity index (χ0v) is 11.2. The van der Waals surface area contributed by atoms with E-state index in [0.29, 0.717) is 21.9 Å². The molecule has 2 aromatic rings. The molecule has 0 bridgehead atoms. The first-order valence-electron chi connectivity index (χ1n) is 6.14. The van der Waals surface area contributed by atoms with Gasteiger partial charge in [-0.3, -0.25) is 5.32 Å². The molecule has 0 spiro atoms. The molecule has 0 aliphatic rings. The van der Waals surface area contributed by atoms with E-state index in [-0.39, 0.29) is 12.1 Å². The first-order chi connectivity index (χ1) is 9.54. The third kappa shape index (κ3) is 3.64. The number of carbonyl (C=O) groups is 1. The maximum atomic E-state index is 11.6. The third-order valence-corrected chi connectivity index (χ3v) is 2.38. The van der Waals surface area contributed by atoms with Crippen molar-refractivity contribution in [1.29, 1.82) is 0 Å². The highest BCUT2D eigenvalue weighted by Crippen LogP contribution is 2.14. The van der Waals surface area contributed by atoms with Gasteiger partial charge in [0.05, 0.1) is 0 Å². The van der Waals surface area contributed by atoms with Crippen LogP contribution in [0.5, 0.6) is 0 Å². The van der Waals surface area contributed by atoms with Crippen molar-refractivity contribution in [3.05, 3.63) is 42.0 Å². The number of nitrogens with zero attached hydrogens (tertiary/aromatic N) is 3. The van der Waals surface area contributed by atoms with Gasteiger partial charge in [-0.05, 0) is 19.9 Å². The molecule has 0 aliphatic heterocycles. The molecule has 0 radical (unpaired) electrons. The third-order valence-electron chi connectivity index (χ3n) is 2.38. The summed E-state index contributed by atoms with van der Waals surface area (Å²) in [5, 5.41) is 16.3. The fourth-order valence-electron chi connectivity index (χ4n) is 1.54. The van der Waals surface area contributed by atoms with Gasteiger partial charge in [0.15, 0.2) is 18.2 Å². The second-order valence-electron chi connectivity index (χ2n) is 4.47. The molecule has 0 saturated heterocycles. The van der Waals surface area contributed by atoms with Crippen molar-refractivity contribution in [2.45, 2.75) is 19.9 Å². The molecule has 2 N–H and O–H groups in total. The zero-order chi connectivity index (χ0) is 14.5. The lowest BCUT2D eigenvalue weighted by atomic mass is 10.2. The van der Waals surface area contributed by atoms with Gasteiger partial charge in [-0.2, -0.15) is 4.73 Å². The molecular weight excluding hydrogens is 258 g/mol. The van der Waals surface area contributed by atoms with E-state index in [9.17, 15) is 10.0 Å². The Hall–Kier alpha value is -2.70. The second-order valence-corrected chi connectivity index (χ2v) is 4.47. The summed E-state index contributed by atoms with van der Waals surface area (Å²) in [6.45, 7) is 3.74. The van der Waals surface area contributed by atoms with Gasteiger partial charge < -0.3 is 10.5 Å². The van der Waals surface area contributed by atoms with Crippen LogP contribution in [0.2, 0.25) is 0 Å². The van der Waals surface area contributed by atoms with E-state index in [1.54, 1.807) is 24.4 Å². The van der Waals surface area contributed by atoms with Crippen LogP contribution < -0.4 is 15.4 Å². The lowest BCUT2D eigenvalue weighted by molar-refractivity contribution is -0.605. The highest BCUT2D eigenvalue weighted by atomic mass is 16.5. The predicted molar refractivity (Wildman–Crippen MR) is 73.7 cm³/mol. The normalized spacial score (nSPS) is 10.3. The molecule has 0 aliphatic carbocycles. The van der Waals surface area contributed by atoms with Crippen LogP contribution in [0.3, 0.4) is 0 Å². The van der Waals surface area contributed by atoms with Gasteiger partial charge in [-0.1, -0.05) is 0 Å². The Morgan fingerprint density at radius 1 is 1.30 bits per heavy atom. The minimum absolute atomic E-state index is 0.0398. The lowest BCUT2D eigenvalue weighted by Gasteiger charge is -2.09. The molecule has 0 saturated carbocycles. The summed E-state index contributed by atoms with van der Waals surface area (Å²) in [4.78, 5) is 19.9. The molecule has 7 nitrogen and oxygen atoms in total. The number of anilines is 1. The predicted octanol–water partition coefficient (Wildman–Crippen LogP) is 1.31. The minimum Gasteiger partial charge on any atom is -0.619 e. The standard InChI is InChI=1S/C13H15N5O2/c1-9(2)15-13(19)17-11-3-6-14-12(16-11)10-4-7-18(20)8-5-10/h3-9H,1-2H3,(H2,14,15,16,17,19). The summed E-state index contributed by atoms with van der Waals surface area (Å²) < 4.78 is 0.682. The molecule has 0 unspecified atom stereocenters. The van der Waals surface area contributed by atoms with Gasteiger partial charge in [-0.25, -0.2) is 14.8 Å². The number of hydrogen-bond donors (Lipinski definition) is 2. The highest BCUT2D eigenvalue weighted by Gasteiger charge is 2.07. The molecule has 2 heterocycles. The van der Waals surface area contributed by atoms with Gasteiger partial charge in [-0.15, -0.1) is 0 Å². The number of pyridine rings is 1. The average molecular weight is 273 g/mol. The van der Waals surface area contributed by atoms with Crippen molar-refractivity contribution in [2.24, 2.45) is 0 Å². The summed E-state index contributed by atoms with van der Waals surface area (Å²) in [6.07, 6.45) is 4.28. The van der Waals surface area contributed by atoms with Crippen LogP contribution in [0.15, 0.2) is 36.8 Å². The number of hydrogen-bond acceptors (Lipinski definition) is 4. The molecule has 7 heteroatoms. The second kappa shape index (κ2) is 5.96. The molecule has 0 aromatic carbocycles. The number of nitrogens with one attached hydrogen (secondary N) is 2. The number of amides is 2. The summed E-state index contributed by atoms with van der Waals surface area (Å²) in [6, 6.07) is 4.54. The Balaban J connectivity index is 2.15. The molecule has 20 heavy (non-hydrogen) atoms. The lowest BCUT2D eigenvalue weighted by Crippen LogP contribution is -2.34. The molecule has 2 amide bonds. The van der Waals surface area contributed by atoms with Crippen LogP contribution in [0.4, 0.5) is 10.6 Å². The molecule has 2 rings (SSSR count). The molecule has 0 fully saturated rings. The van der Waals surface area contributed by atoms with Crippen molar-refractivity contribution in [1.82, 2.24) is 15.3 Å². The van der Waals surface area contributed by atoms with Crippen LogP contribution >= 0.6 is 0 Å². The molecule has 0 atom stereocenters. The first-order valence-corrected chi connectivity index (χ1v) is 6.14. The van der Waals surface area contributed by atoms with Crippen molar-refractivity contribution in [3.8, 4) is 11.4 Å². The van der Waals surface area contributed by atoms with Crippen molar-refractivity contribution >= 4 is 11.8 Å². The van der Waals surface area contributed by atoms with Crippen molar-refractivity contribution in [3.63, 3.8) is 0 Å². The number of carbonyl (C=O) groups excluding carboxylic acids is 1. The van der Waals surface area contributed by atoms with Gasteiger partial charge in [0.25, 0.3) is 0 Å². The van der Waals surface area contributed by atoms with Crippen LogP contribution in [-0.2, 0) is 0 Å². The Morgan fingerprint density at radius 3 is 2.65 bits per heavy atom. The highest BCUT2D eigenvalue weighted by molar-refractivity contribution is 5.88. The smallest absolute Gasteiger partial charge is 0.320 e. The minimum atomic E-state index is -0.324. The van der Waals surface area contributed by atoms with E-state index < -0.39 is 0 Å². The van der Waals surface area contributed by atoms with Gasteiger partial charge in [0.1, 0.15) is 5.82 Å². The molecular formula is C13H15N5O2. The van der Waals surface area contributed by atoms with E-state index in [2.05, 4.69) is 20.6 Å². The van der Waals surface area contributed by atoms with Crippen LogP contribution in [0.25, 0.3) is 11.4 Å². The Labute approximate surface area is 116 Å². The Kier molecular flexibility index (Phi) is 4.09. The van der Waals surface area contributed by atoms with Crippen LogP contribution in [0, 0.1) is 5.21 Å². The summed E-state index contributed by atoms with van der Waals surface area (Å²) in [5.74, 6) is 0.833. The zero-order valence-electron chi connectivity index (χ0n) is 11.2. The fraction of sp³-hybridized carbons (Fsp3) is 0.231. The van der Waals surface area contributed by atoms with E-state index in [1.807, 2.05) is 13.8 Å². The van der Waals surface area contributed by atoms with Crippen LogP contribution in [0.1, 0.15) is 13.8 Å². The average Bonchev–Trinajstić information content (AvgIpc) is 2.38. The molecule has 104 valence electrons. The Morgan fingerprint density at radius 2 is 2.00 bits per heavy atom. The van der Waals surface area contributed by atoms with Crippen molar-refractivity contribution < 1.29 is 9.52 Å².